The van der Waals surface area contributed by atoms with Crippen LogP contribution >= 0.6 is 23.2 Å². The topological polar surface area (TPSA) is 86.8 Å². The summed E-state index contributed by atoms with van der Waals surface area (Å²) in [6, 6.07) is 18.9. The quantitative estimate of drug-likeness (QED) is 0.330. The molecule has 38 heavy (non-hydrogen) atoms. The number of nitrogens with zero attached hydrogens (tertiary/aromatic N) is 2. The number of rotatable bonds is 11. The first-order chi connectivity index (χ1) is 18.1. The zero-order valence-electron chi connectivity index (χ0n) is 21.5. The van der Waals surface area contributed by atoms with Crippen LogP contribution < -0.4 is 9.62 Å². The molecule has 0 aromatic heterocycles. The molecule has 0 heterocycles. The summed E-state index contributed by atoms with van der Waals surface area (Å²) in [5, 5.41) is 3.19. The maximum absolute atomic E-state index is 14.0. The predicted octanol–water partition coefficient (Wildman–Crippen LogP) is 5.44. The van der Waals surface area contributed by atoms with E-state index in [4.69, 9.17) is 23.2 Å². The van der Waals surface area contributed by atoms with Crippen LogP contribution in [0.4, 0.5) is 5.69 Å². The minimum absolute atomic E-state index is 0.0000352. The Kier molecular flexibility index (Phi) is 10.2. The highest BCUT2D eigenvalue weighted by molar-refractivity contribution is 7.92. The van der Waals surface area contributed by atoms with Crippen LogP contribution in [0.3, 0.4) is 0 Å². The smallest absolute Gasteiger partial charge is 0.264 e. The molecule has 1 atom stereocenters. The van der Waals surface area contributed by atoms with Gasteiger partial charge in [0.15, 0.2) is 0 Å². The lowest BCUT2D eigenvalue weighted by Gasteiger charge is -2.33. The summed E-state index contributed by atoms with van der Waals surface area (Å²) in [4.78, 5) is 28.4. The van der Waals surface area contributed by atoms with E-state index in [1.54, 1.807) is 25.1 Å². The van der Waals surface area contributed by atoms with E-state index in [2.05, 4.69) is 5.32 Å². The van der Waals surface area contributed by atoms with E-state index in [1.165, 1.54) is 35.2 Å². The van der Waals surface area contributed by atoms with Gasteiger partial charge in [0.2, 0.25) is 11.8 Å². The maximum atomic E-state index is 14.0. The van der Waals surface area contributed by atoms with Crippen molar-refractivity contribution in [2.24, 2.45) is 0 Å². The van der Waals surface area contributed by atoms with E-state index in [0.717, 1.165) is 15.4 Å². The molecule has 0 fully saturated rings. The molecule has 3 rings (SSSR count). The monoisotopic (exact) mass is 575 g/mol. The van der Waals surface area contributed by atoms with E-state index in [1.807, 2.05) is 38.1 Å². The molecule has 0 radical (unpaired) electrons. The Hall–Kier alpha value is -3.07. The average molecular weight is 577 g/mol. The highest BCUT2D eigenvalue weighted by atomic mass is 35.5. The van der Waals surface area contributed by atoms with Crippen molar-refractivity contribution >= 4 is 50.7 Å². The number of hydrogen-bond acceptors (Lipinski definition) is 4. The Balaban J connectivity index is 2.10. The minimum atomic E-state index is -4.20. The summed E-state index contributed by atoms with van der Waals surface area (Å²) >= 11 is 12.5. The van der Waals surface area contributed by atoms with Gasteiger partial charge >= 0.3 is 0 Å². The number of hydrogen-bond donors (Lipinski definition) is 1. The van der Waals surface area contributed by atoms with Gasteiger partial charge in [-0.2, -0.15) is 0 Å². The third-order valence-corrected chi connectivity index (χ3v) is 8.44. The second-order valence-corrected chi connectivity index (χ2v) is 11.4. The van der Waals surface area contributed by atoms with Crippen LogP contribution in [0.15, 0.2) is 77.7 Å². The molecular weight excluding hydrogens is 545 g/mol. The summed E-state index contributed by atoms with van der Waals surface area (Å²) in [6.45, 7) is 5.50. The van der Waals surface area contributed by atoms with E-state index in [-0.39, 0.29) is 28.1 Å². The number of benzene rings is 3. The van der Waals surface area contributed by atoms with E-state index >= 15 is 0 Å². The van der Waals surface area contributed by atoms with E-state index < -0.39 is 28.5 Å². The second-order valence-electron chi connectivity index (χ2n) is 8.69. The fourth-order valence-corrected chi connectivity index (χ4v) is 6.11. The molecule has 10 heteroatoms. The SMILES string of the molecule is CCNC(=O)C(CC)N(Cc1ccccc1C)C(=O)CN(c1ccc(Cl)cc1Cl)S(=O)(=O)c1ccccc1. The van der Waals surface area contributed by atoms with Crippen molar-refractivity contribution in [1.82, 2.24) is 10.2 Å². The first-order valence-electron chi connectivity index (χ1n) is 12.2. The third-order valence-electron chi connectivity index (χ3n) is 6.13. The lowest BCUT2D eigenvalue weighted by atomic mass is 10.1. The van der Waals surface area contributed by atoms with Gasteiger partial charge in [-0.15, -0.1) is 0 Å². The Bertz CT molecular complexity index is 1380. The van der Waals surface area contributed by atoms with Crippen LogP contribution in [-0.2, 0) is 26.2 Å². The Morgan fingerprint density at radius 3 is 2.21 bits per heavy atom. The van der Waals surface area contributed by atoms with E-state index in [0.29, 0.717) is 18.0 Å². The van der Waals surface area contributed by atoms with Gasteiger partial charge in [-0.3, -0.25) is 13.9 Å². The molecule has 7 nitrogen and oxygen atoms in total. The molecule has 202 valence electrons. The molecule has 3 aromatic rings. The molecule has 2 amide bonds. The van der Waals surface area contributed by atoms with Crippen molar-refractivity contribution in [1.29, 1.82) is 0 Å². The van der Waals surface area contributed by atoms with Gasteiger partial charge in [0.1, 0.15) is 12.6 Å². The normalized spacial score (nSPS) is 12.0. The molecule has 1 unspecified atom stereocenters. The Morgan fingerprint density at radius 2 is 1.61 bits per heavy atom. The highest BCUT2D eigenvalue weighted by Crippen LogP contribution is 2.33. The maximum Gasteiger partial charge on any atom is 0.264 e. The second kappa shape index (κ2) is 13.1. The molecule has 0 saturated heterocycles. The molecule has 0 spiro atoms. The Labute approximate surface area is 234 Å². The van der Waals surface area contributed by atoms with Gasteiger partial charge < -0.3 is 10.2 Å². The van der Waals surface area contributed by atoms with Crippen LogP contribution in [0.25, 0.3) is 0 Å². The molecule has 0 aliphatic rings. The largest absolute Gasteiger partial charge is 0.355 e. The standard InChI is InChI=1S/C28H31Cl2N3O4S/c1-4-25(28(35)31-5-2)32(18-21-12-10-9-11-20(21)3)27(34)19-33(26-16-15-22(29)17-24(26)30)38(36,37)23-13-7-6-8-14-23/h6-17,25H,4-5,18-19H2,1-3H3,(H,31,35). The summed E-state index contributed by atoms with van der Waals surface area (Å²) in [5.74, 6) is -0.851. The van der Waals surface area contributed by atoms with Crippen molar-refractivity contribution < 1.29 is 18.0 Å². The van der Waals surface area contributed by atoms with Crippen LogP contribution in [-0.4, -0.2) is 44.3 Å². The molecule has 0 bridgehead atoms. The average Bonchev–Trinajstić information content (AvgIpc) is 2.89. The lowest BCUT2D eigenvalue weighted by molar-refractivity contribution is -0.140. The molecule has 1 N–H and O–H groups in total. The van der Waals surface area contributed by atoms with Crippen molar-refractivity contribution in [3.8, 4) is 0 Å². The van der Waals surface area contributed by atoms with Crippen LogP contribution in [0.2, 0.25) is 10.0 Å². The number of likely N-dealkylation sites (N-methyl/N-ethyl adjacent to an activating group) is 1. The molecule has 0 aliphatic carbocycles. The number of aryl methyl sites for hydroxylation is 1. The third kappa shape index (κ3) is 6.87. The molecular formula is C28H31Cl2N3O4S. The zero-order chi connectivity index (χ0) is 27.9. The fourth-order valence-electron chi connectivity index (χ4n) is 4.10. The minimum Gasteiger partial charge on any atom is -0.355 e. The zero-order valence-corrected chi connectivity index (χ0v) is 23.9. The molecule has 3 aromatic carbocycles. The van der Waals surface area contributed by atoms with Crippen LogP contribution in [0.5, 0.6) is 0 Å². The van der Waals surface area contributed by atoms with Gasteiger partial charge in [-0.25, -0.2) is 8.42 Å². The molecule has 0 aliphatic heterocycles. The number of nitrogens with one attached hydrogen (secondary N) is 1. The predicted molar refractivity (Wildman–Crippen MR) is 152 cm³/mol. The van der Waals surface area contributed by atoms with Crippen molar-refractivity contribution in [3.05, 3.63) is 94.0 Å². The number of carbonyl (C=O) groups excluding carboxylic acids is 2. The van der Waals surface area contributed by atoms with Gasteiger partial charge in [-0.05, 0) is 61.7 Å². The molecule has 0 saturated carbocycles. The highest BCUT2D eigenvalue weighted by Gasteiger charge is 2.34. The first kappa shape index (κ1) is 29.5. The first-order valence-corrected chi connectivity index (χ1v) is 14.4. The summed E-state index contributed by atoms with van der Waals surface area (Å²) in [7, 11) is -4.20. The van der Waals surface area contributed by atoms with Gasteiger partial charge in [0.05, 0.1) is 15.6 Å². The van der Waals surface area contributed by atoms with Crippen LogP contribution in [0, 0.1) is 6.92 Å². The Morgan fingerprint density at radius 1 is 0.947 bits per heavy atom. The summed E-state index contributed by atoms with van der Waals surface area (Å²) in [6.07, 6.45) is 0.344. The van der Waals surface area contributed by atoms with Gasteiger partial charge in [0, 0.05) is 18.1 Å². The van der Waals surface area contributed by atoms with Crippen molar-refractivity contribution in [2.75, 3.05) is 17.4 Å². The number of anilines is 1. The van der Waals surface area contributed by atoms with E-state index in [9.17, 15) is 18.0 Å². The summed E-state index contributed by atoms with van der Waals surface area (Å²) in [5.41, 5.74) is 1.91. The number of amides is 2. The van der Waals surface area contributed by atoms with Gasteiger partial charge in [0.25, 0.3) is 10.0 Å². The van der Waals surface area contributed by atoms with Crippen LogP contribution in [0.1, 0.15) is 31.4 Å². The van der Waals surface area contributed by atoms with Crippen molar-refractivity contribution in [2.45, 2.75) is 44.7 Å². The summed E-state index contributed by atoms with van der Waals surface area (Å²) < 4.78 is 28.6. The lowest BCUT2D eigenvalue weighted by Crippen LogP contribution is -2.52. The fraction of sp³-hybridized carbons (Fsp3) is 0.286. The number of sulfonamides is 1. The number of halogens is 2. The van der Waals surface area contributed by atoms with Gasteiger partial charge in [-0.1, -0.05) is 72.6 Å². The van der Waals surface area contributed by atoms with Crippen molar-refractivity contribution in [3.63, 3.8) is 0 Å². The number of carbonyl (C=O) groups is 2.